The Balaban J connectivity index is 1.84. The third-order valence-electron chi connectivity index (χ3n) is 2.66. The number of rotatable bonds is 6. The zero-order valence-corrected chi connectivity index (χ0v) is 11.3. The summed E-state index contributed by atoms with van der Waals surface area (Å²) in [6.07, 6.45) is 0.712. The van der Waals surface area contributed by atoms with Gasteiger partial charge in [-0.25, -0.2) is 5.10 Å². The van der Waals surface area contributed by atoms with Crippen LogP contribution in [-0.2, 0) is 16.1 Å². The Kier molecular flexibility index (Phi) is 4.67. The number of ether oxygens (including phenoxy) is 2. The molecule has 0 aliphatic rings. The Hall–Kier alpha value is -2.41. The quantitative estimate of drug-likeness (QED) is 0.831. The summed E-state index contributed by atoms with van der Waals surface area (Å²) in [6.45, 7) is 1.99. The molecule has 2 N–H and O–H groups in total. The van der Waals surface area contributed by atoms with Gasteiger partial charge in [0.2, 0.25) is 5.95 Å². The van der Waals surface area contributed by atoms with Gasteiger partial charge in [-0.2, -0.15) is 10.1 Å². The Morgan fingerprint density at radius 2 is 2.35 bits per heavy atom. The van der Waals surface area contributed by atoms with Gasteiger partial charge in [0.15, 0.2) is 0 Å². The maximum atomic E-state index is 11.8. The summed E-state index contributed by atoms with van der Waals surface area (Å²) in [5, 5.41) is 8.75. The molecule has 7 heteroatoms. The molecule has 20 heavy (non-hydrogen) atoms. The number of anilines is 1. The van der Waals surface area contributed by atoms with Gasteiger partial charge in [0, 0.05) is 0 Å². The molecule has 2 rings (SSSR count). The van der Waals surface area contributed by atoms with Gasteiger partial charge in [-0.1, -0.05) is 12.1 Å². The van der Waals surface area contributed by atoms with Crippen LogP contribution in [-0.4, -0.2) is 34.3 Å². The van der Waals surface area contributed by atoms with Crippen LogP contribution in [0.5, 0.6) is 5.75 Å². The van der Waals surface area contributed by atoms with Gasteiger partial charge in [0.05, 0.1) is 13.7 Å². The van der Waals surface area contributed by atoms with E-state index < -0.39 is 6.10 Å². The summed E-state index contributed by atoms with van der Waals surface area (Å²) in [6, 6.07) is 7.49. The first-order chi connectivity index (χ1) is 9.69. The topological polar surface area (TPSA) is 89.1 Å². The summed E-state index contributed by atoms with van der Waals surface area (Å²) in [7, 11) is 1.60. The van der Waals surface area contributed by atoms with Gasteiger partial charge in [0.1, 0.15) is 18.2 Å². The molecule has 2 aromatic rings. The molecule has 1 amide bonds. The van der Waals surface area contributed by atoms with Crippen molar-refractivity contribution in [1.82, 2.24) is 15.2 Å². The number of methoxy groups -OCH3 is 1. The number of aromatic nitrogens is 3. The second-order valence-corrected chi connectivity index (χ2v) is 4.13. The average molecular weight is 276 g/mol. The Morgan fingerprint density at radius 3 is 3.05 bits per heavy atom. The lowest BCUT2D eigenvalue weighted by molar-refractivity contribution is -0.127. The number of aromatic amines is 1. The molecular formula is C13H16N4O3. The van der Waals surface area contributed by atoms with Crippen molar-refractivity contribution in [3.8, 4) is 5.75 Å². The van der Waals surface area contributed by atoms with Crippen LogP contribution in [0.3, 0.4) is 0 Å². The summed E-state index contributed by atoms with van der Waals surface area (Å²) < 4.78 is 10.6. The summed E-state index contributed by atoms with van der Waals surface area (Å²) >= 11 is 0. The minimum atomic E-state index is -0.605. The SMILES string of the molecule is COc1cccc(CO[C@H](C)C(=O)Nc2ncn[nH]2)c1. The first-order valence-electron chi connectivity index (χ1n) is 6.10. The third-order valence-corrected chi connectivity index (χ3v) is 2.66. The molecule has 0 unspecified atom stereocenters. The highest BCUT2D eigenvalue weighted by Crippen LogP contribution is 2.14. The van der Waals surface area contributed by atoms with Crippen molar-refractivity contribution in [2.24, 2.45) is 0 Å². The summed E-state index contributed by atoms with van der Waals surface area (Å²) in [5.41, 5.74) is 0.934. The lowest BCUT2D eigenvalue weighted by Crippen LogP contribution is -2.28. The minimum Gasteiger partial charge on any atom is -0.497 e. The van der Waals surface area contributed by atoms with Crippen molar-refractivity contribution in [3.63, 3.8) is 0 Å². The fourth-order valence-electron chi connectivity index (χ4n) is 1.54. The second kappa shape index (κ2) is 6.67. The molecule has 0 aliphatic heterocycles. The molecule has 1 aromatic heterocycles. The Labute approximate surface area is 116 Å². The van der Waals surface area contributed by atoms with E-state index in [0.717, 1.165) is 11.3 Å². The van der Waals surface area contributed by atoms with Crippen LogP contribution in [0.15, 0.2) is 30.6 Å². The zero-order chi connectivity index (χ0) is 14.4. The molecule has 0 saturated heterocycles. The molecule has 0 saturated carbocycles. The maximum absolute atomic E-state index is 11.8. The van der Waals surface area contributed by atoms with Gasteiger partial charge < -0.3 is 9.47 Å². The van der Waals surface area contributed by atoms with Crippen LogP contribution in [0.2, 0.25) is 0 Å². The van der Waals surface area contributed by atoms with Crippen LogP contribution < -0.4 is 10.1 Å². The van der Waals surface area contributed by atoms with E-state index in [1.165, 1.54) is 6.33 Å². The van der Waals surface area contributed by atoms with Gasteiger partial charge in [0.25, 0.3) is 5.91 Å². The first kappa shape index (κ1) is 14.0. The monoisotopic (exact) mass is 276 g/mol. The van der Waals surface area contributed by atoms with Crippen LogP contribution in [0, 0.1) is 0 Å². The van der Waals surface area contributed by atoms with E-state index >= 15 is 0 Å². The number of benzene rings is 1. The molecule has 0 spiro atoms. The highest BCUT2D eigenvalue weighted by molar-refractivity contribution is 5.92. The molecule has 0 bridgehead atoms. The van der Waals surface area contributed by atoms with Crippen molar-refractivity contribution >= 4 is 11.9 Å². The average Bonchev–Trinajstić information content (AvgIpc) is 2.97. The molecule has 106 valence electrons. The number of nitrogens with one attached hydrogen (secondary N) is 2. The third kappa shape index (κ3) is 3.79. The second-order valence-electron chi connectivity index (χ2n) is 4.13. The summed E-state index contributed by atoms with van der Waals surface area (Å²) in [4.78, 5) is 15.6. The smallest absolute Gasteiger partial charge is 0.255 e. The Bertz CT molecular complexity index is 557. The van der Waals surface area contributed by atoms with Crippen molar-refractivity contribution in [3.05, 3.63) is 36.2 Å². The number of hydrogen-bond donors (Lipinski definition) is 2. The largest absolute Gasteiger partial charge is 0.497 e. The van der Waals surface area contributed by atoms with Crippen LogP contribution in [0.4, 0.5) is 5.95 Å². The number of amides is 1. The zero-order valence-electron chi connectivity index (χ0n) is 11.3. The number of H-pyrrole nitrogens is 1. The number of nitrogens with zero attached hydrogens (tertiary/aromatic N) is 2. The highest BCUT2D eigenvalue weighted by atomic mass is 16.5. The molecule has 0 fully saturated rings. The number of carbonyl (C=O) groups excluding carboxylic acids is 1. The standard InChI is InChI=1S/C13H16N4O3/c1-9(12(18)16-13-14-8-15-17-13)20-7-10-4-3-5-11(6-10)19-2/h3-6,8-9H,7H2,1-2H3,(H2,14,15,16,17,18)/t9-/m1/s1. The van der Waals surface area contributed by atoms with E-state index in [4.69, 9.17) is 9.47 Å². The van der Waals surface area contributed by atoms with E-state index in [2.05, 4.69) is 20.5 Å². The first-order valence-corrected chi connectivity index (χ1v) is 6.10. The lowest BCUT2D eigenvalue weighted by atomic mass is 10.2. The van der Waals surface area contributed by atoms with Crippen molar-refractivity contribution in [2.45, 2.75) is 19.6 Å². The lowest BCUT2D eigenvalue weighted by Gasteiger charge is -2.12. The predicted molar refractivity (Wildman–Crippen MR) is 72.3 cm³/mol. The van der Waals surface area contributed by atoms with Gasteiger partial charge in [-0.05, 0) is 24.6 Å². The number of carbonyl (C=O) groups is 1. The fourth-order valence-corrected chi connectivity index (χ4v) is 1.54. The molecule has 0 aliphatic carbocycles. The van der Waals surface area contributed by atoms with Crippen molar-refractivity contribution < 1.29 is 14.3 Å². The highest BCUT2D eigenvalue weighted by Gasteiger charge is 2.14. The van der Waals surface area contributed by atoms with E-state index in [1.54, 1.807) is 14.0 Å². The summed E-state index contributed by atoms with van der Waals surface area (Å²) in [5.74, 6) is 0.765. The minimum absolute atomic E-state index is 0.287. The molecular weight excluding hydrogens is 260 g/mol. The fraction of sp³-hybridized carbons (Fsp3) is 0.308. The van der Waals surface area contributed by atoms with Gasteiger partial charge >= 0.3 is 0 Å². The maximum Gasteiger partial charge on any atom is 0.255 e. The molecule has 1 aromatic carbocycles. The van der Waals surface area contributed by atoms with Crippen molar-refractivity contribution in [2.75, 3.05) is 12.4 Å². The molecule has 1 heterocycles. The van der Waals surface area contributed by atoms with E-state index in [9.17, 15) is 4.79 Å². The molecule has 7 nitrogen and oxygen atoms in total. The molecule has 1 atom stereocenters. The predicted octanol–water partition coefficient (Wildman–Crippen LogP) is 1.36. The van der Waals surface area contributed by atoms with E-state index in [-0.39, 0.29) is 5.91 Å². The van der Waals surface area contributed by atoms with Gasteiger partial charge in [-0.15, -0.1) is 0 Å². The van der Waals surface area contributed by atoms with Crippen LogP contribution in [0.1, 0.15) is 12.5 Å². The van der Waals surface area contributed by atoms with E-state index in [1.807, 2.05) is 24.3 Å². The molecule has 0 radical (unpaired) electrons. The normalized spacial score (nSPS) is 11.9. The van der Waals surface area contributed by atoms with Gasteiger partial charge in [-0.3, -0.25) is 10.1 Å². The number of hydrogen-bond acceptors (Lipinski definition) is 5. The van der Waals surface area contributed by atoms with Crippen LogP contribution >= 0.6 is 0 Å². The Morgan fingerprint density at radius 1 is 1.50 bits per heavy atom. The van der Waals surface area contributed by atoms with Crippen molar-refractivity contribution in [1.29, 1.82) is 0 Å². The van der Waals surface area contributed by atoms with E-state index in [0.29, 0.717) is 12.6 Å². The van der Waals surface area contributed by atoms with Crippen LogP contribution in [0.25, 0.3) is 0 Å².